The fraction of sp³-hybridized carbons (Fsp3) is 0.824. The van der Waals surface area contributed by atoms with Crippen molar-refractivity contribution < 1.29 is 39.2 Å². The first kappa shape index (κ1) is 23.3. The van der Waals surface area contributed by atoms with Gasteiger partial charge in [-0.15, -0.1) is 0 Å². The van der Waals surface area contributed by atoms with E-state index in [1.807, 2.05) is 0 Å². The zero-order valence-electron chi connectivity index (χ0n) is 14.8. The molecule has 0 aromatic carbocycles. The van der Waals surface area contributed by atoms with Gasteiger partial charge in [-0.1, -0.05) is 45.4 Å². The predicted molar refractivity (Wildman–Crippen MR) is 88.8 cm³/mol. The summed E-state index contributed by atoms with van der Waals surface area (Å²) in [6.07, 6.45) is 4.08. The number of hydrogen-bond donors (Lipinski definition) is 3. The van der Waals surface area contributed by atoms with Crippen LogP contribution in [0, 0.1) is 0 Å². The second-order valence-electron chi connectivity index (χ2n) is 5.95. The number of unbranched alkanes of at least 4 members (excludes halogenated alkanes) is 6. The second-order valence-corrected chi connectivity index (χ2v) is 5.95. The van der Waals surface area contributed by atoms with Crippen molar-refractivity contribution in [2.75, 3.05) is 13.2 Å². The maximum absolute atomic E-state index is 11.5. The van der Waals surface area contributed by atoms with Crippen molar-refractivity contribution in [2.45, 2.75) is 76.9 Å². The summed E-state index contributed by atoms with van der Waals surface area (Å²) in [7, 11) is 0. The van der Waals surface area contributed by atoms with Crippen LogP contribution in [0.2, 0.25) is 0 Å². The number of aliphatic carboxylic acids is 1. The molecule has 0 aromatic rings. The molecule has 0 radical (unpaired) electrons. The average Bonchev–Trinajstić information content (AvgIpc) is 2.56. The van der Waals surface area contributed by atoms with E-state index in [2.05, 4.69) is 11.7 Å². The maximum Gasteiger partial charge on any atom is 0.335 e. The molecule has 0 saturated heterocycles. The highest BCUT2D eigenvalue weighted by molar-refractivity contribution is 5.80. The number of carbonyl (C=O) groups is 3. The molecule has 3 N–H and O–H groups in total. The zero-order valence-corrected chi connectivity index (χ0v) is 14.8. The van der Waals surface area contributed by atoms with E-state index in [-0.39, 0.29) is 13.0 Å². The molecule has 2 atom stereocenters. The van der Waals surface area contributed by atoms with Crippen LogP contribution in [0.15, 0.2) is 0 Å². The lowest BCUT2D eigenvalue weighted by molar-refractivity contribution is -0.162. The van der Waals surface area contributed by atoms with Gasteiger partial charge in [0.05, 0.1) is 6.42 Å². The van der Waals surface area contributed by atoms with Gasteiger partial charge in [-0.2, -0.15) is 0 Å². The van der Waals surface area contributed by atoms with Crippen LogP contribution in [0.3, 0.4) is 0 Å². The van der Waals surface area contributed by atoms with Crippen LogP contribution in [0.4, 0.5) is 0 Å². The van der Waals surface area contributed by atoms with Crippen molar-refractivity contribution in [3.8, 4) is 0 Å². The van der Waals surface area contributed by atoms with E-state index in [4.69, 9.17) is 9.84 Å². The molecule has 25 heavy (non-hydrogen) atoms. The number of carboxylic acids is 1. The first-order valence-electron chi connectivity index (χ1n) is 8.77. The van der Waals surface area contributed by atoms with Crippen molar-refractivity contribution in [3.05, 3.63) is 0 Å². The molecule has 146 valence electrons. The highest BCUT2D eigenvalue weighted by Gasteiger charge is 2.21. The summed E-state index contributed by atoms with van der Waals surface area (Å²) in [4.78, 5) is 33.1. The SMILES string of the molecule is CCCCCCCCCC(=O)OCC(O)COC(=O)[C@@H](O)CC(=O)O. The van der Waals surface area contributed by atoms with Gasteiger partial charge in [-0.05, 0) is 6.42 Å². The quantitative estimate of drug-likeness (QED) is 0.294. The van der Waals surface area contributed by atoms with Gasteiger partial charge in [-0.3, -0.25) is 9.59 Å². The first-order chi connectivity index (χ1) is 11.9. The lowest BCUT2D eigenvalue weighted by Gasteiger charge is -2.13. The van der Waals surface area contributed by atoms with Crippen LogP contribution in [0.1, 0.15) is 64.7 Å². The van der Waals surface area contributed by atoms with Gasteiger partial charge < -0.3 is 24.8 Å². The van der Waals surface area contributed by atoms with Crippen molar-refractivity contribution in [1.82, 2.24) is 0 Å². The van der Waals surface area contributed by atoms with Crippen molar-refractivity contribution >= 4 is 17.9 Å². The van der Waals surface area contributed by atoms with Gasteiger partial charge in [-0.25, -0.2) is 4.79 Å². The number of esters is 2. The molecule has 8 heteroatoms. The first-order valence-corrected chi connectivity index (χ1v) is 8.77. The molecule has 0 heterocycles. The Balaban J connectivity index is 3.66. The lowest BCUT2D eigenvalue weighted by atomic mass is 10.1. The smallest absolute Gasteiger partial charge is 0.335 e. The lowest BCUT2D eigenvalue weighted by Crippen LogP contribution is -2.31. The van der Waals surface area contributed by atoms with Crippen LogP contribution >= 0.6 is 0 Å². The third-order valence-corrected chi connectivity index (χ3v) is 3.48. The topological polar surface area (TPSA) is 130 Å². The molecule has 0 bridgehead atoms. The molecule has 0 amide bonds. The summed E-state index contributed by atoms with van der Waals surface area (Å²) >= 11 is 0. The molecule has 1 unspecified atom stereocenters. The molecule has 0 fully saturated rings. The van der Waals surface area contributed by atoms with E-state index < -0.39 is 43.1 Å². The van der Waals surface area contributed by atoms with Gasteiger partial charge in [0.25, 0.3) is 0 Å². The third-order valence-electron chi connectivity index (χ3n) is 3.48. The standard InChI is InChI=1S/C17H30O8/c1-2-3-4-5-6-7-8-9-16(22)24-11-13(18)12-25-17(23)14(19)10-15(20)21/h13-14,18-19H,2-12H2,1H3,(H,20,21)/t13?,14-/m0/s1. The van der Waals surface area contributed by atoms with Crippen LogP contribution in [0.5, 0.6) is 0 Å². The summed E-state index contributed by atoms with van der Waals surface area (Å²) in [5.74, 6) is -2.91. The molecule has 0 aliphatic carbocycles. The minimum absolute atomic E-state index is 0.275. The summed E-state index contributed by atoms with van der Waals surface area (Å²) in [6, 6.07) is 0. The van der Waals surface area contributed by atoms with Gasteiger partial charge in [0.2, 0.25) is 0 Å². The van der Waals surface area contributed by atoms with E-state index >= 15 is 0 Å². The number of carboxylic acid groups (broad SMARTS) is 1. The van der Waals surface area contributed by atoms with E-state index in [0.29, 0.717) is 0 Å². The Morgan fingerprint density at radius 3 is 2.04 bits per heavy atom. The second kappa shape index (κ2) is 14.7. The predicted octanol–water partition coefficient (Wildman–Crippen LogP) is 1.41. The van der Waals surface area contributed by atoms with Crippen LogP contribution < -0.4 is 0 Å². The highest BCUT2D eigenvalue weighted by Crippen LogP contribution is 2.09. The summed E-state index contributed by atoms with van der Waals surface area (Å²) < 4.78 is 9.42. The van der Waals surface area contributed by atoms with Gasteiger partial charge in [0, 0.05) is 6.42 Å². The molecular weight excluding hydrogens is 332 g/mol. The van der Waals surface area contributed by atoms with E-state index in [0.717, 1.165) is 19.3 Å². The number of ether oxygens (including phenoxy) is 2. The van der Waals surface area contributed by atoms with Gasteiger partial charge in [0.15, 0.2) is 6.10 Å². The Hall–Kier alpha value is -1.67. The maximum atomic E-state index is 11.5. The summed E-state index contributed by atoms with van der Waals surface area (Å²) in [5.41, 5.74) is 0. The number of aliphatic hydroxyl groups excluding tert-OH is 2. The fourth-order valence-electron chi connectivity index (χ4n) is 2.06. The number of carbonyl (C=O) groups excluding carboxylic acids is 2. The largest absolute Gasteiger partial charge is 0.481 e. The highest BCUT2D eigenvalue weighted by atomic mass is 16.6. The Morgan fingerprint density at radius 2 is 1.44 bits per heavy atom. The minimum atomic E-state index is -1.79. The molecule has 0 aliphatic heterocycles. The van der Waals surface area contributed by atoms with Crippen molar-refractivity contribution in [1.29, 1.82) is 0 Å². The molecule has 0 aromatic heterocycles. The molecular formula is C17H30O8. The van der Waals surface area contributed by atoms with Crippen molar-refractivity contribution in [3.63, 3.8) is 0 Å². The monoisotopic (exact) mass is 362 g/mol. The number of hydrogen-bond acceptors (Lipinski definition) is 7. The Morgan fingerprint density at radius 1 is 0.880 bits per heavy atom. The van der Waals surface area contributed by atoms with E-state index in [9.17, 15) is 24.6 Å². The Labute approximate surface area is 148 Å². The number of rotatable bonds is 15. The van der Waals surface area contributed by atoms with Gasteiger partial charge >= 0.3 is 17.9 Å². The van der Waals surface area contributed by atoms with Gasteiger partial charge in [0.1, 0.15) is 19.3 Å². The van der Waals surface area contributed by atoms with Crippen LogP contribution in [-0.2, 0) is 23.9 Å². The Bertz CT molecular complexity index is 396. The summed E-state index contributed by atoms with van der Waals surface area (Å²) in [5, 5.41) is 27.2. The molecule has 0 saturated carbocycles. The fourth-order valence-corrected chi connectivity index (χ4v) is 2.06. The summed E-state index contributed by atoms with van der Waals surface area (Å²) in [6.45, 7) is 1.35. The normalized spacial score (nSPS) is 13.1. The number of aliphatic hydroxyl groups is 2. The molecule has 0 aliphatic rings. The Kier molecular flexibility index (Phi) is 13.7. The minimum Gasteiger partial charge on any atom is -0.481 e. The zero-order chi connectivity index (χ0) is 19.1. The van der Waals surface area contributed by atoms with Crippen LogP contribution in [0.25, 0.3) is 0 Å². The van der Waals surface area contributed by atoms with Crippen molar-refractivity contribution in [2.24, 2.45) is 0 Å². The molecule has 0 rings (SSSR count). The van der Waals surface area contributed by atoms with E-state index in [1.54, 1.807) is 0 Å². The van der Waals surface area contributed by atoms with Crippen LogP contribution in [-0.4, -0.2) is 58.6 Å². The molecule has 0 spiro atoms. The third kappa shape index (κ3) is 14.4. The molecule has 8 nitrogen and oxygen atoms in total. The average molecular weight is 362 g/mol. The van der Waals surface area contributed by atoms with E-state index in [1.165, 1.54) is 25.7 Å².